The quantitative estimate of drug-likeness (QED) is 0.862. The Kier molecular flexibility index (Phi) is 3.41. The smallest absolute Gasteiger partial charge is 0.270 e. The zero-order valence-corrected chi connectivity index (χ0v) is 10.7. The van der Waals surface area contributed by atoms with Gasteiger partial charge in [-0.25, -0.2) is 4.98 Å². The van der Waals surface area contributed by atoms with Crippen LogP contribution in [0.4, 0.5) is 0 Å². The molecule has 2 rings (SSSR count). The lowest BCUT2D eigenvalue weighted by molar-refractivity contribution is 0.0945. The second-order valence-electron chi connectivity index (χ2n) is 4.37. The molecule has 2 aromatic rings. The van der Waals surface area contributed by atoms with Gasteiger partial charge in [-0.1, -0.05) is 0 Å². The van der Waals surface area contributed by atoms with Crippen molar-refractivity contribution >= 4 is 5.91 Å². The number of hydrogen-bond acceptors (Lipinski definition) is 3. The first-order valence-electron chi connectivity index (χ1n) is 5.78. The molecule has 0 bridgehead atoms. The third kappa shape index (κ3) is 2.74. The van der Waals surface area contributed by atoms with Crippen LogP contribution < -0.4 is 5.32 Å². The van der Waals surface area contributed by atoms with Gasteiger partial charge in [0.05, 0.1) is 6.20 Å². The van der Waals surface area contributed by atoms with E-state index in [9.17, 15) is 4.79 Å². The molecule has 0 saturated heterocycles. The molecular formula is C13H16N4O. The highest BCUT2D eigenvalue weighted by Crippen LogP contribution is 2.06. The van der Waals surface area contributed by atoms with Gasteiger partial charge in [-0.3, -0.25) is 9.89 Å². The van der Waals surface area contributed by atoms with E-state index >= 15 is 0 Å². The lowest BCUT2D eigenvalue weighted by atomic mass is 10.2. The highest BCUT2D eigenvalue weighted by atomic mass is 16.1. The van der Waals surface area contributed by atoms with E-state index in [0.29, 0.717) is 12.2 Å². The lowest BCUT2D eigenvalue weighted by Crippen LogP contribution is -2.24. The summed E-state index contributed by atoms with van der Waals surface area (Å²) in [5, 5.41) is 9.58. The van der Waals surface area contributed by atoms with Crippen molar-refractivity contribution in [3.05, 3.63) is 46.5 Å². The van der Waals surface area contributed by atoms with Crippen LogP contribution in [-0.4, -0.2) is 21.1 Å². The van der Waals surface area contributed by atoms with E-state index in [0.717, 1.165) is 22.5 Å². The number of aromatic amines is 1. The molecule has 0 saturated carbocycles. The fourth-order valence-corrected chi connectivity index (χ4v) is 1.78. The number of carbonyl (C=O) groups excluding carboxylic acids is 1. The molecule has 0 spiro atoms. The van der Waals surface area contributed by atoms with Crippen molar-refractivity contribution in [3.8, 4) is 0 Å². The van der Waals surface area contributed by atoms with Gasteiger partial charge in [0.1, 0.15) is 5.69 Å². The summed E-state index contributed by atoms with van der Waals surface area (Å²) in [6, 6.07) is 3.72. The molecule has 5 nitrogen and oxygen atoms in total. The van der Waals surface area contributed by atoms with E-state index in [2.05, 4.69) is 20.5 Å². The zero-order valence-electron chi connectivity index (χ0n) is 10.7. The molecule has 0 aromatic carbocycles. The van der Waals surface area contributed by atoms with Gasteiger partial charge in [0, 0.05) is 23.5 Å². The monoisotopic (exact) mass is 244 g/mol. The molecule has 5 heteroatoms. The standard InChI is InChI=1S/C13H16N4O/c1-8-4-9(2)16-12(5-8)13(18)14-6-11-7-15-17-10(11)3/h4-5,7H,6H2,1-3H3,(H,14,18)(H,15,17). The van der Waals surface area contributed by atoms with Crippen LogP contribution in [0.25, 0.3) is 0 Å². The molecule has 2 heterocycles. The molecule has 0 radical (unpaired) electrons. The van der Waals surface area contributed by atoms with Gasteiger partial charge in [0.15, 0.2) is 0 Å². The molecule has 0 fully saturated rings. The Morgan fingerprint density at radius 3 is 2.72 bits per heavy atom. The van der Waals surface area contributed by atoms with Crippen LogP contribution in [-0.2, 0) is 6.54 Å². The maximum absolute atomic E-state index is 12.0. The van der Waals surface area contributed by atoms with Crippen LogP contribution in [0.15, 0.2) is 18.3 Å². The van der Waals surface area contributed by atoms with E-state index in [1.165, 1.54) is 0 Å². The van der Waals surface area contributed by atoms with E-state index in [-0.39, 0.29) is 5.91 Å². The molecule has 0 atom stereocenters. The lowest BCUT2D eigenvalue weighted by Gasteiger charge is -2.05. The van der Waals surface area contributed by atoms with E-state index in [1.807, 2.05) is 26.8 Å². The number of nitrogens with zero attached hydrogens (tertiary/aromatic N) is 2. The Morgan fingerprint density at radius 1 is 1.33 bits per heavy atom. The van der Waals surface area contributed by atoms with Crippen LogP contribution in [0.2, 0.25) is 0 Å². The molecule has 0 unspecified atom stereocenters. The predicted octanol–water partition coefficient (Wildman–Crippen LogP) is 1.66. The number of amides is 1. The number of carbonyl (C=O) groups is 1. The highest BCUT2D eigenvalue weighted by Gasteiger charge is 2.09. The topological polar surface area (TPSA) is 70.7 Å². The molecule has 2 aromatic heterocycles. The molecular weight excluding hydrogens is 228 g/mol. The molecule has 2 N–H and O–H groups in total. The first-order valence-corrected chi connectivity index (χ1v) is 5.78. The molecule has 0 aliphatic heterocycles. The average molecular weight is 244 g/mol. The van der Waals surface area contributed by atoms with Crippen LogP contribution in [0.5, 0.6) is 0 Å². The van der Waals surface area contributed by atoms with Crippen LogP contribution in [0, 0.1) is 20.8 Å². The van der Waals surface area contributed by atoms with Gasteiger partial charge in [0.25, 0.3) is 5.91 Å². The third-order valence-electron chi connectivity index (χ3n) is 2.70. The zero-order chi connectivity index (χ0) is 13.1. The summed E-state index contributed by atoms with van der Waals surface area (Å²) in [6.07, 6.45) is 1.71. The number of pyridine rings is 1. The van der Waals surface area contributed by atoms with Crippen LogP contribution in [0.1, 0.15) is 33.0 Å². The van der Waals surface area contributed by atoms with Crippen molar-refractivity contribution in [2.45, 2.75) is 27.3 Å². The number of hydrogen-bond donors (Lipinski definition) is 2. The number of rotatable bonds is 3. The molecule has 0 aliphatic rings. The van der Waals surface area contributed by atoms with Gasteiger partial charge in [-0.15, -0.1) is 0 Å². The summed E-state index contributed by atoms with van der Waals surface area (Å²) >= 11 is 0. The van der Waals surface area contributed by atoms with Gasteiger partial charge in [-0.05, 0) is 38.5 Å². The SMILES string of the molecule is Cc1cc(C)nc(C(=O)NCc2cn[nH]c2C)c1. The van der Waals surface area contributed by atoms with Crippen LogP contribution in [0.3, 0.4) is 0 Å². The average Bonchev–Trinajstić information content (AvgIpc) is 2.70. The predicted molar refractivity (Wildman–Crippen MR) is 68.2 cm³/mol. The first kappa shape index (κ1) is 12.3. The summed E-state index contributed by atoms with van der Waals surface area (Å²) in [4.78, 5) is 16.2. The Hall–Kier alpha value is -2.17. The summed E-state index contributed by atoms with van der Waals surface area (Å²) in [5.41, 5.74) is 4.27. The molecule has 1 amide bonds. The number of H-pyrrole nitrogens is 1. The Bertz CT molecular complexity index is 554. The minimum atomic E-state index is -0.164. The van der Waals surface area contributed by atoms with Crippen molar-refractivity contribution < 1.29 is 4.79 Å². The number of aromatic nitrogens is 3. The van der Waals surface area contributed by atoms with Crippen molar-refractivity contribution in [1.82, 2.24) is 20.5 Å². The minimum Gasteiger partial charge on any atom is -0.346 e. The van der Waals surface area contributed by atoms with Crippen molar-refractivity contribution in [2.75, 3.05) is 0 Å². The summed E-state index contributed by atoms with van der Waals surface area (Å²) in [7, 11) is 0. The Balaban J connectivity index is 2.06. The summed E-state index contributed by atoms with van der Waals surface area (Å²) < 4.78 is 0. The fraction of sp³-hybridized carbons (Fsp3) is 0.308. The van der Waals surface area contributed by atoms with Gasteiger partial charge in [0.2, 0.25) is 0 Å². The maximum Gasteiger partial charge on any atom is 0.270 e. The normalized spacial score (nSPS) is 10.4. The third-order valence-corrected chi connectivity index (χ3v) is 2.70. The Labute approximate surface area is 106 Å². The Morgan fingerprint density at radius 2 is 2.11 bits per heavy atom. The maximum atomic E-state index is 12.0. The summed E-state index contributed by atoms with van der Waals surface area (Å²) in [6.45, 7) is 6.20. The second kappa shape index (κ2) is 5.00. The van der Waals surface area contributed by atoms with E-state index in [1.54, 1.807) is 12.3 Å². The van der Waals surface area contributed by atoms with E-state index in [4.69, 9.17) is 0 Å². The summed E-state index contributed by atoms with van der Waals surface area (Å²) in [5.74, 6) is -0.164. The number of nitrogens with one attached hydrogen (secondary N) is 2. The van der Waals surface area contributed by atoms with Crippen molar-refractivity contribution in [3.63, 3.8) is 0 Å². The largest absolute Gasteiger partial charge is 0.346 e. The molecule has 0 aliphatic carbocycles. The number of aryl methyl sites for hydroxylation is 3. The van der Waals surface area contributed by atoms with Crippen molar-refractivity contribution in [1.29, 1.82) is 0 Å². The molecule has 18 heavy (non-hydrogen) atoms. The second-order valence-corrected chi connectivity index (χ2v) is 4.37. The van der Waals surface area contributed by atoms with Crippen LogP contribution >= 0.6 is 0 Å². The van der Waals surface area contributed by atoms with Gasteiger partial charge >= 0.3 is 0 Å². The van der Waals surface area contributed by atoms with Gasteiger partial charge in [-0.2, -0.15) is 5.10 Å². The molecule has 94 valence electrons. The highest BCUT2D eigenvalue weighted by molar-refractivity contribution is 5.92. The van der Waals surface area contributed by atoms with Crippen molar-refractivity contribution in [2.24, 2.45) is 0 Å². The minimum absolute atomic E-state index is 0.164. The van der Waals surface area contributed by atoms with Gasteiger partial charge < -0.3 is 5.32 Å². The first-order chi connectivity index (χ1) is 8.56. The fourth-order valence-electron chi connectivity index (χ4n) is 1.78. The van der Waals surface area contributed by atoms with E-state index < -0.39 is 0 Å².